The maximum Gasteiger partial charge on any atom is 0.140 e. The van der Waals surface area contributed by atoms with Crippen molar-refractivity contribution in [1.82, 2.24) is 4.98 Å². The summed E-state index contributed by atoms with van der Waals surface area (Å²) in [4.78, 5) is 4.37. The second-order valence-corrected chi connectivity index (χ2v) is 4.75. The molecule has 0 aliphatic heterocycles. The summed E-state index contributed by atoms with van der Waals surface area (Å²) >= 11 is 1.56. The lowest BCUT2D eigenvalue weighted by atomic mass is 10.2. The van der Waals surface area contributed by atoms with E-state index in [0.717, 1.165) is 16.5 Å². The van der Waals surface area contributed by atoms with Crippen molar-refractivity contribution in [2.24, 2.45) is 0 Å². The van der Waals surface area contributed by atoms with Gasteiger partial charge in [0.1, 0.15) is 17.4 Å². The third kappa shape index (κ3) is 3.54. The minimum absolute atomic E-state index is 0.141. The zero-order valence-electron chi connectivity index (χ0n) is 9.72. The Hall–Kier alpha value is -1.39. The number of hydrogen-bond donors (Lipinski definition) is 1. The molecule has 0 bridgehead atoms. The van der Waals surface area contributed by atoms with Crippen molar-refractivity contribution < 1.29 is 9.84 Å². The molecular formula is C13H15NO2S. The van der Waals surface area contributed by atoms with Gasteiger partial charge in [-0.05, 0) is 19.1 Å². The van der Waals surface area contributed by atoms with E-state index in [-0.39, 0.29) is 6.61 Å². The normalized spacial score (nSPS) is 10.5. The zero-order valence-corrected chi connectivity index (χ0v) is 10.5. The van der Waals surface area contributed by atoms with Gasteiger partial charge < -0.3 is 9.84 Å². The van der Waals surface area contributed by atoms with E-state index in [2.05, 4.69) is 4.98 Å². The van der Waals surface area contributed by atoms with Crippen LogP contribution in [0.2, 0.25) is 0 Å². The van der Waals surface area contributed by atoms with Crippen LogP contribution in [0.25, 0.3) is 0 Å². The molecule has 90 valence electrons. The van der Waals surface area contributed by atoms with Crippen LogP contribution in [0.3, 0.4) is 0 Å². The van der Waals surface area contributed by atoms with Gasteiger partial charge in [-0.25, -0.2) is 4.98 Å². The lowest BCUT2D eigenvalue weighted by Gasteiger charge is -2.03. The molecule has 0 unspecified atom stereocenters. The molecule has 0 aliphatic rings. The third-order valence-electron chi connectivity index (χ3n) is 2.35. The molecule has 0 amide bonds. The summed E-state index contributed by atoms with van der Waals surface area (Å²) in [6.45, 7) is 2.67. The molecule has 1 aromatic heterocycles. The van der Waals surface area contributed by atoms with Gasteiger partial charge in [-0.2, -0.15) is 0 Å². The van der Waals surface area contributed by atoms with E-state index in [1.54, 1.807) is 11.3 Å². The first-order valence-electron chi connectivity index (χ1n) is 5.51. The molecule has 17 heavy (non-hydrogen) atoms. The van der Waals surface area contributed by atoms with Gasteiger partial charge in [-0.15, -0.1) is 11.3 Å². The highest BCUT2D eigenvalue weighted by Gasteiger charge is 2.02. The van der Waals surface area contributed by atoms with Crippen LogP contribution in [0, 0.1) is 6.92 Å². The molecule has 1 aromatic carbocycles. The molecule has 0 aliphatic carbocycles. The fraction of sp³-hybridized carbons (Fsp3) is 0.308. The Morgan fingerprint density at radius 2 is 2.06 bits per heavy atom. The fourth-order valence-corrected chi connectivity index (χ4v) is 2.16. The minimum Gasteiger partial charge on any atom is -0.486 e. The Kier molecular flexibility index (Phi) is 4.12. The molecule has 0 fully saturated rings. The van der Waals surface area contributed by atoms with Crippen LogP contribution in [0.5, 0.6) is 5.75 Å². The number of rotatable bonds is 5. The van der Waals surface area contributed by atoms with Gasteiger partial charge >= 0.3 is 0 Å². The number of aliphatic hydroxyl groups is 1. The third-order valence-corrected chi connectivity index (χ3v) is 3.22. The van der Waals surface area contributed by atoms with Crippen LogP contribution in [-0.4, -0.2) is 16.7 Å². The number of aliphatic hydroxyl groups excluding tert-OH is 1. The monoisotopic (exact) mass is 249 g/mol. The summed E-state index contributed by atoms with van der Waals surface area (Å²) in [5.74, 6) is 0.856. The van der Waals surface area contributed by atoms with Crippen LogP contribution in [0.4, 0.5) is 0 Å². The number of thiazole rings is 1. The molecule has 0 saturated heterocycles. The summed E-state index contributed by atoms with van der Waals surface area (Å²) < 4.78 is 5.62. The van der Waals surface area contributed by atoms with Crippen LogP contribution in [0.1, 0.15) is 16.3 Å². The van der Waals surface area contributed by atoms with E-state index in [1.807, 2.05) is 36.6 Å². The molecule has 0 spiro atoms. The van der Waals surface area contributed by atoms with E-state index >= 15 is 0 Å². The summed E-state index contributed by atoms with van der Waals surface area (Å²) in [5, 5.41) is 11.7. The highest BCUT2D eigenvalue weighted by Crippen LogP contribution is 2.16. The standard InChI is InChI=1S/C13H15NO2S/c1-10-2-4-12(5-3-10)16-8-13-14-11(6-7-15)9-17-13/h2-5,9,15H,6-8H2,1H3. The van der Waals surface area contributed by atoms with E-state index in [0.29, 0.717) is 13.0 Å². The lowest BCUT2D eigenvalue weighted by molar-refractivity contribution is 0.295. The Morgan fingerprint density at radius 3 is 2.76 bits per heavy atom. The number of aryl methyl sites for hydroxylation is 1. The average molecular weight is 249 g/mol. The van der Waals surface area contributed by atoms with Gasteiger partial charge in [-0.1, -0.05) is 17.7 Å². The largest absolute Gasteiger partial charge is 0.486 e. The Labute approximate surface area is 105 Å². The Bertz CT molecular complexity index is 465. The fourth-order valence-electron chi connectivity index (χ4n) is 1.42. The second-order valence-electron chi connectivity index (χ2n) is 3.81. The van der Waals surface area contributed by atoms with Gasteiger partial charge in [0.05, 0.1) is 5.69 Å². The summed E-state index contributed by atoms with van der Waals surface area (Å²) in [7, 11) is 0. The van der Waals surface area contributed by atoms with Crippen LogP contribution >= 0.6 is 11.3 Å². The van der Waals surface area contributed by atoms with Crippen molar-refractivity contribution in [1.29, 1.82) is 0 Å². The topological polar surface area (TPSA) is 42.4 Å². The smallest absolute Gasteiger partial charge is 0.140 e. The average Bonchev–Trinajstić information content (AvgIpc) is 2.77. The van der Waals surface area contributed by atoms with E-state index in [1.165, 1.54) is 5.56 Å². The second kappa shape index (κ2) is 5.80. The predicted molar refractivity (Wildman–Crippen MR) is 68.4 cm³/mol. The summed E-state index contributed by atoms with van der Waals surface area (Å²) in [6.07, 6.45) is 0.612. The lowest BCUT2D eigenvalue weighted by Crippen LogP contribution is -1.96. The van der Waals surface area contributed by atoms with Crippen molar-refractivity contribution in [2.45, 2.75) is 20.0 Å². The van der Waals surface area contributed by atoms with Gasteiger partial charge in [0.25, 0.3) is 0 Å². The van der Waals surface area contributed by atoms with Crippen LogP contribution in [0.15, 0.2) is 29.6 Å². The molecule has 0 saturated carbocycles. The first kappa shape index (κ1) is 12.1. The number of nitrogens with zero attached hydrogens (tertiary/aromatic N) is 1. The number of ether oxygens (including phenoxy) is 1. The highest BCUT2D eigenvalue weighted by molar-refractivity contribution is 7.09. The van der Waals surface area contributed by atoms with Crippen molar-refractivity contribution >= 4 is 11.3 Å². The van der Waals surface area contributed by atoms with E-state index in [4.69, 9.17) is 9.84 Å². The molecule has 2 aromatic rings. The maximum absolute atomic E-state index is 8.80. The number of hydrogen-bond acceptors (Lipinski definition) is 4. The summed E-state index contributed by atoms with van der Waals surface area (Å²) in [6, 6.07) is 7.96. The Morgan fingerprint density at radius 1 is 1.29 bits per heavy atom. The highest BCUT2D eigenvalue weighted by atomic mass is 32.1. The van der Waals surface area contributed by atoms with E-state index in [9.17, 15) is 0 Å². The van der Waals surface area contributed by atoms with Gasteiger partial charge in [0.15, 0.2) is 0 Å². The van der Waals surface area contributed by atoms with Crippen LogP contribution < -0.4 is 4.74 Å². The maximum atomic E-state index is 8.80. The molecule has 2 rings (SSSR count). The van der Waals surface area contributed by atoms with Crippen LogP contribution in [-0.2, 0) is 13.0 Å². The molecular weight excluding hydrogens is 234 g/mol. The quantitative estimate of drug-likeness (QED) is 0.885. The number of benzene rings is 1. The van der Waals surface area contributed by atoms with E-state index < -0.39 is 0 Å². The molecule has 1 N–H and O–H groups in total. The van der Waals surface area contributed by atoms with Crippen molar-refractivity contribution in [3.05, 3.63) is 45.9 Å². The van der Waals surface area contributed by atoms with Gasteiger partial charge in [0.2, 0.25) is 0 Å². The van der Waals surface area contributed by atoms with Gasteiger partial charge in [-0.3, -0.25) is 0 Å². The first-order chi connectivity index (χ1) is 8.28. The predicted octanol–water partition coefficient (Wildman–Crippen LogP) is 2.57. The van der Waals surface area contributed by atoms with Crippen molar-refractivity contribution in [2.75, 3.05) is 6.61 Å². The minimum atomic E-state index is 0.141. The molecule has 4 heteroatoms. The molecule has 0 atom stereocenters. The first-order valence-corrected chi connectivity index (χ1v) is 6.39. The van der Waals surface area contributed by atoms with Crippen molar-refractivity contribution in [3.8, 4) is 5.75 Å². The van der Waals surface area contributed by atoms with Crippen molar-refractivity contribution in [3.63, 3.8) is 0 Å². The molecule has 0 radical (unpaired) electrons. The Balaban J connectivity index is 1.90. The molecule has 3 nitrogen and oxygen atoms in total. The zero-order chi connectivity index (χ0) is 12.1. The van der Waals surface area contributed by atoms with Gasteiger partial charge in [0, 0.05) is 18.4 Å². The summed E-state index contributed by atoms with van der Waals surface area (Å²) in [5.41, 5.74) is 2.15. The molecule has 1 heterocycles. The number of aromatic nitrogens is 1. The SMILES string of the molecule is Cc1ccc(OCc2nc(CCO)cs2)cc1.